The molecule has 28 heavy (non-hydrogen) atoms. The van der Waals surface area contributed by atoms with E-state index in [9.17, 15) is 14.7 Å². The molecule has 146 valence electrons. The summed E-state index contributed by atoms with van der Waals surface area (Å²) in [4.78, 5) is 23.5. The van der Waals surface area contributed by atoms with Crippen LogP contribution in [0.25, 0.3) is 11.1 Å². The van der Waals surface area contributed by atoms with Crippen LogP contribution in [0.5, 0.6) is 0 Å². The highest BCUT2D eigenvalue weighted by atomic mass is 16.5. The van der Waals surface area contributed by atoms with Crippen molar-refractivity contribution >= 4 is 12.1 Å². The number of nitrogens with one attached hydrogen (secondary N) is 1. The van der Waals surface area contributed by atoms with Crippen molar-refractivity contribution < 1.29 is 19.4 Å². The van der Waals surface area contributed by atoms with Crippen molar-refractivity contribution in [1.29, 1.82) is 0 Å². The fourth-order valence-electron chi connectivity index (χ4n) is 4.64. The number of benzene rings is 2. The van der Waals surface area contributed by atoms with Gasteiger partial charge in [0.15, 0.2) is 0 Å². The Morgan fingerprint density at radius 2 is 1.64 bits per heavy atom. The van der Waals surface area contributed by atoms with Crippen LogP contribution < -0.4 is 5.32 Å². The predicted octanol–water partition coefficient (Wildman–Crippen LogP) is 4.27. The first-order valence-corrected chi connectivity index (χ1v) is 9.71. The summed E-state index contributed by atoms with van der Waals surface area (Å²) in [7, 11) is 0. The lowest BCUT2D eigenvalue weighted by Crippen LogP contribution is -2.53. The van der Waals surface area contributed by atoms with Gasteiger partial charge in [0.2, 0.25) is 0 Å². The fourth-order valence-corrected chi connectivity index (χ4v) is 4.64. The monoisotopic (exact) mass is 379 g/mol. The summed E-state index contributed by atoms with van der Waals surface area (Å²) >= 11 is 0. The van der Waals surface area contributed by atoms with Crippen LogP contribution in [-0.2, 0) is 9.53 Å². The van der Waals surface area contributed by atoms with E-state index in [0.29, 0.717) is 13.0 Å². The first-order valence-electron chi connectivity index (χ1n) is 9.71. The maximum atomic E-state index is 12.2. The number of carbonyl (C=O) groups is 2. The molecule has 5 heteroatoms. The number of fused-ring (bicyclic) bond motifs is 3. The molecule has 1 saturated carbocycles. The Labute approximate surface area is 164 Å². The largest absolute Gasteiger partial charge is 0.481 e. The van der Waals surface area contributed by atoms with Gasteiger partial charge in [0.1, 0.15) is 6.61 Å². The van der Waals surface area contributed by atoms with Crippen LogP contribution in [0.15, 0.2) is 48.5 Å². The van der Waals surface area contributed by atoms with Gasteiger partial charge in [0, 0.05) is 12.5 Å². The number of carbonyl (C=O) groups excluding carboxylic acids is 1. The minimum atomic E-state index is -0.762. The Kier molecular flexibility index (Phi) is 4.61. The first-order chi connectivity index (χ1) is 13.4. The number of hydrogen-bond donors (Lipinski definition) is 2. The molecule has 0 unspecified atom stereocenters. The molecule has 2 aromatic carbocycles. The molecule has 0 aliphatic heterocycles. The van der Waals surface area contributed by atoms with Crippen LogP contribution >= 0.6 is 0 Å². The Hall–Kier alpha value is -2.82. The lowest BCUT2D eigenvalue weighted by molar-refractivity contribution is -0.158. The minimum absolute atomic E-state index is 0.0367. The highest BCUT2D eigenvalue weighted by molar-refractivity contribution is 5.79. The summed E-state index contributed by atoms with van der Waals surface area (Å²) in [6.07, 6.45) is 0.142. The van der Waals surface area contributed by atoms with E-state index in [2.05, 4.69) is 29.6 Å². The van der Waals surface area contributed by atoms with Gasteiger partial charge in [-0.2, -0.15) is 0 Å². The number of carboxylic acid groups (broad SMARTS) is 1. The molecule has 1 fully saturated rings. The van der Waals surface area contributed by atoms with Gasteiger partial charge in [0.05, 0.1) is 5.92 Å². The van der Waals surface area contributed by atoms with Crippen LogP contribution in [0.1, 0.15) is 37.3 Å². The maximum absolute atomic E-state index is 12.2. The molecule has 4 rings (SSSR count). The summed E-state index contributed by atoms with van der Waals surface area (Å²) in [5, 5.41) is 12.0. The zero-order valence-electron chi connectivity index (χ0n) is 16.1. The molecule has 1 amide bonds. The van der Waals surface area contributed by atoms with E-state index < -0.39 is 12.1 Å². The molecule has 2 aliphatic rings. The van der Waals surface area contributed by atoms with Crippen molar-refractivity contribution in [3.63, 3.8) is 0 Å². The summed E-state index contributed by atoms with van der Waals surface area (Å²) in [6, 6.07) is 16.4. The zero-order chi connectivity index (χ0) is 19.9. The Balaban J connectivity index is 1.35. The molecular formula is C23H25NO4. The highest BCUT2D eigenvalue weighted by Gasteiger charge is 2.51. The Bertz CT molecular complexity index is 875. The van der Waals surface area contributed by atoms with Crippen molar-refractivity contribution in [2.24, 2.45) is 17.3 Å². The molecule has 0 heterocycles. The topological polar surface area (TPSA) is 75.6 Å². The van der Waals surface area contributed by atoms with E-state index in [-0.39, 0.29) is 29.8 Å². The van der Waals surface area contributed by atoms with Gasteiger partial charge in [-0.25, -0.2) is 4.79 Å². The van der Waals surface area contributed by atoms with E-state index in [1.165, 1.54) is 22.3 Å². The second-order valence-electron chi connectivity index (χ2n) is 8.35. The number of aliphatic carboxylic acids is 1. The van der Waals surface area contributed by atoms with Gasteiger partial charge in [0.25, 0.3) is 0 Å². The molecule has 0 saturated heterocycles. The average Bonchev–Trinajstić information content (AvgIpc) is 2.99. The van der Waals surface area contributed by atoms with Crippen LogP contribution in [0.2, 0.25) is 0 Å². The van der Waals surface area contributed by atoms with Crippen LogP contribution in [0.4, 0.5) is 4.79 Å². The van der Waals surface area contributed by atoms with Crippen LogP contribution in [-0.4, -0.2) is 30.3 Å². The molecule has 0 radical (unpaired) electrons. The Morgan fingerprint density at radius 1 is 1.07 bits per heavy atom. The van der Waals surface area contributed by atoms with Crippen molar-refractivity contribution in [3.8, 4) is 11.1 Å². The predicted molar refractivity (Wildman–Crippen MR) is 106 cm³/mol. The van der Waals surface area contributed by atoms with Crippen molar-refractivity contribution in [2.45, 2.75) is 26.2 Å². The quantitative estimate of drug-likeness (QED) is 0.813. The molecule has 2 atom stereocenters. The first kappa shape index (κ1) is 18.5. The normalized spacial score (nSPS) is 21.9. The molecular weight excluding hydrogens is 354 g/mol. The zero-order valence-corrected chi connectivity index (χ0v) is 16.1. The number of rotatable bonds is 5. The molecule has 2 N–H and O–H groups in total. The van der Waals surface area contributed by atoms with Gasteiger partial charge in [-0.05, 0) is 40.0 Å². The maximum Gasteiger partial charge on any atom is 0.407 e. The lowest BCUT2D eigenvalue weighted by atomic mass is 9.55. The second-order valence-corrected chi connectivity index (χ2v) is 8.35. The number of alkyl carbamates (subject to hydrolysis) is 1. The summed E-state index contributed by atoms with van der Waals surface area (Å²) in [6.45, 7) is 4.61. The van der Waals surface area contributed by atoms with Crippen molar-refractivity contribution in [3.05, 3.63) is 59.7 Å². The van der Waals surface area contributed by atoms with E-state index in [0.717, 1.165) is 0 Å². The Morgan fingerprint density at radius 3 is 2.18 bits per heavy atom. The SMILES string of the molecule is CC1(C)[C@H](CNC(=O)OCC2c3ccccc3-c3ccccc32)C[C@@H]1C(=O)O. The van der Waals surface area contributed by atoms with Gasteiger partial charge < -0.3 is 15.2 Å². The molecule has 2 aromatic rings. The van der Waals surface area contributed by atoms with E-state index in [1.54, 1.807) is 0 Å². The summed E-state index contributed by atoms with van der Waals surface area (Å²) < 4.78 is 5.53. The minimum Gasteiger partial charge on any atom is -0.481 e. The number of ether oxygens (including phenoxy) is 1. The molecule has 2 aliphatic carbocycles. The van der Waals surface area contributed by atoms with E-state index >= 15 is 0 Å². The third kappa shape index (κ3) is 3.05. The van der Waals surface area contributed by atoms with Crippen LogP contribution in [0.3, 0.4) is 0 Å². The molecule has 0 aromatic heterocycles. The number of amides is 1. The van der Waals surface area contributed by atoms with Gasteiger partial charge in [-0.3, -0.25) is 4.79 Å². The number of hydrogen-bond acceptors (Lipinski definition) is 3. The smallest absolute Gasteiger partial charge is 0.407 e. The summed E-state index contributed by atoms with van der Waals surface area (Å²) in [5.41, 5.74) is 4.44. The van der Waals surface area contributed by atoms with Crippen LogP contribution in [0, 0.1) is 17.3 Å². The fraction of sp³-hybridized carbons (Fsp3) is 0.391. The molecule has 0 bridgehead atoms. The van der Waals surface area contributed by atoms with Gasteiger partial charge >= 0.3 is 12.1 Å². The van der Waals surface area contributed by atoms with E-state index in [1.807, 2.05) is 38.1 Å². The van der Waals surface area contributed by atoms with Gasteiger partial charge in [-0.1, -0.05) is 62.4 Å². The van der Waals surface area contributed by atoms with Crippen molar-refractivity contribution in [1.82, 2.24) is 5.32 Å². The standard InChI is InChI=1S/C23H25NO4/c1-23(2)14(11-20(23)21(25)26)12-24-22(27)28-13-19-17-9-5-3-7-15(17)16-8-4-6-10-18(16)19/h3-10,14,19-20H,11-13H2,1-2H3,(H,24,27)(H,25,26)/t14-,20+/m0/s1. The third-order valence-corrected chi connectivity index (χ3v) is 6.61. The number of carboxylic acids is 1. The summed E-state index contributed by atoms with van der Waals surface area (Å²) in [5.74, 6) is -0.923. The van der Waals surface area contributed by atoms with Gasteiger partial charge in [-0.15, -0.1) is 0 Å². The third-order valence-electron chi connectivity index (χ3n) is 6.61. The molecule has 0 spiro atoms. The van der Waals surface area contributed by atoms with E-state index in [4.69, 9.17) is 4.74 Å². The average molecular weight is 379 g/mol. The highest BCUT2D eigenvalue weighted by Crippen LogP contribution is 2.51. The molecule has 5 nitrogen and oxygen atoms in total. The second kappa shape index (κ2) is 6.97. The lowest BCUT2D eigenvalue weighted by Gasteiger charge is -2.49. The van der Waals surface area contributed by atoms with Crippen molar-refractivity contribution in [2.75, 3.05) is 13.2 Å².